The summed E-state index contributed by atoms with van der Waals surface area (Å²) in [5, 5.41) is 13.4. The molecule has 7 nitrogen and oxygen atoms in total. The number of rotatable bonds is 3. The maximum atomic E-state index is 12.3. The van der Waals surface area contributed by atoms with Crippen molar-refractivity contribution in [2.24, 2.45) is 0 Å². The highest BCUT2D eigenvalue weighted by molar-refractivity contribution is 6.33. The molecule has 0 unspecified atom stereocenters. The molecule has 1 aliphatic rings. The second kappa shape index (κ2) is 7.11. The van der Waals surface area contributed by atoms with E-state index in [0.29, 0.717) is 24.5 Å². The highest BCUT2D eigenvalue weighted by Crippen LogP contribution is 2.24. The third kappa shape index (κ3) is 3.44. The second-order valence-corrected chi connectivity index (χ2v) is 6.53. The third-order valence-electron chi connectivity index (χ3n) is 4.21. The van der Waals surface area contributed by atoms with E-state index < -0.39 is 0 Å². The maximum Gasteiger partial charge on any atom is 0.287 e. The Morgan fingerprint density at radius 2 is 1.88 bits per heavy atom. The van der Waals surface area contributed by atoms with Crippen molar-refractivity contribution in [2.75, 3.05) is 36.0 Å². The molecule has 2 aromatic rings. The molecule has 0 aliphatic carbocycles. The zero-order valence-corrected chi connectivity index (χ0v) is 14.9. The van der Waals surface area contributed by atoms with Crippen molar-refractivity contribution in [2.45, 2.75) is 19.9 Å². The lowest BCUT2D eigenvalue weighted by atomic mass is 10.2. The first-order valence-electron chi connectivity index (χ1n) is 8.15. The van der Waals surface area contributed by atoms with E-state index in [4.69, 9.17) is 16.9 Å². The number of hydrogen-bond donors (Lipinski definition) is 0. The standard InChI is InChI=1S/C17H19ClN6O/c1-12(2)24-17(25)16(18)14(11-20-24)22-6-8-23(9-7-22)15-5-3-4-13(10-19)21-15/h3-5,11-12H,6-9H2,1-2H3. The average molecular weight is 359 g/mol. The molecule has 3 heterocycles. The largest absolute Gasteiger partial charge is 0.365 e. The van der Waals surface area contributed by atoms with Gasteiger partial charge in [-0.15, -0.1) is 0 Å². The van der Waals surface area contributed by atoms with Crippen molar-refractivity contribution in [3.05, 3.63) is 45.5 Å². The van der Waals surface area contributed by atoms with E-state index >= 15 is 0 Å². The van der Waals surface area contributed by atoms with Crippen LogP contribution in [0.4, 0.5) is 11.5 Å². The van der Waals surface area contributed by atoms with Crippen LogP contribution in [0.1, 0.15) is 25.6 Å². The summed E-state index contributed by atoms with van der Waals surface area (Å²) in [5.41, 5.74) is 0.811. The van der Waals surface area contributed by atoms with E-state index in [0.717, 1.165) is 18.9 Å². The number of pyridine rings is 1. The van der Waals surface area contributed by atoms with Gasteiger partial charge in [-0.1, -0.05) is 17.7 Å². The molecule has 0 radical (unpaired) electrons. The van der Waals surface area contributed by atoms with Crippen LogP contribution < -0.4 is 15.4 Å². The summed E-state index contributed by atoms with van der Waals surface area (Å²) in [6, 6.07) is 7.45. The Labute approximate surface area is 151 Å². The van der Waals surface area contributed by atoms with Gasteiger partial charge in [0.25, 0.3) is 5.56 Å². The molecule has 0 N–H and O–H groups in total. The molecular weight excluding hydrogens is 340 g/mol. The molecule has 0 amide bonds. The van der Waals surface area contributed by atoms with E-state index in [1.807, 2.05) is 26.0 Å². The molecule has 130 valence electrons. The van der Waals surface area contributed by atoms with Crippen molar-refractivity contribution >= 4 is 23.1 Å². The fraction of sp³-hybridized carbons (Fsp3) is 0.412. The number of halogens is 1. The van der Waals surface area contributed by atoms with E-state index in [2.05, 4.69) is 26.0 Å². The minimum atomic E-state index is -0.264. The van der Waals surface area contributed by atoms with Crippen LogP contribution in [0.25, 0.3) is 0 Å². The molecule has 0 spiro atoms. The summed E-state index contributed by atoms with van der Waals surface area (Å²) in [7, 11) is 0. The molecule has 1 saturated heterocycles. The lowest BCUT2D eigenvalue weighted by molar-refractivity contribution is 0.501. The van der Waals surface area contributed by atoms with Gasteiger partial charge in [-0.2, -0.15) is 10.4 Å². The Hall–Kier alpha value is -2.59. The summed E-state index contributed by atoms with van der Waals surface area (Å²) in [6.45, 7) is 6.64. The fourth-order valence-electron chi connectivity index (χ4n) is 2.86. The SMILES string of the molecule is CC(C)n1ncc(N2CCN(c3cccc(C#N)n3)CC2)c(Cl)c1=O. The van der Waals surface area contributed by atoms with Crippen molar-refractivity contribution in [1.29, 1.82) is 5.26 Å². The Morgan fingerprint density at radius 3 is 2.52 bits per heavy atom. The van der Waals surface area contributed by atoms with Crippen LogP contribution in [0.3, 0.4) is 0 Å². The third-order valence-corrected chi connectivity index (χ3v) is 4.56. The minimum Gasteiger partial charge on any atom is -0.365 e. The van der Waals surface area contributed by atoms with Crippen LogP contribution >= 0.6 is 11.6 Å². The lowest BCUT2D eigenvalue weighted by Gasteiger charge is -2.36. The summed E-state index contributed by atoms with van der Waals surface area (Å²) >= 11 is 6.29. The monoisotopic (exact) mass is 358 g/mol. The number of nitriles is 1. The van der Waals surface area contributed by atoms with Gasteiger partial charge in [0.2, 0.25) is 0 Å². The van der Waals surface area contributed by atoms with Gasteiger partial charge in [0.15, 0.2) is 0 Å². The molecule has 1 aliphatic heterocycles. The van der Waals surface area contributed by atoms with Crippen LogP contribution in [0.15, 0.2) is 29.2 Å². The Morgan fingerprint density at radius 1 is 1.20 bits per heavy atom. The van der Waals surface area contributed by atoms with Crippen molar-refractivity contribution < 1.29 is 0 Å². The number of hydrogen-bond acceptors (Lipinski definition) is 6. The topological polar surface area (TPSA) is 78.1 Å². The smallest absolute Gasteiger partial charge is 0.287 e. The number of anilines is 2. The van der Waals surface area contributed by atoms with Gasteiger partial charge < -0.3 is 9.80 Å². The molecular formula is C17H19ClN6O. The number of nitrogens with zero attached hydrogens (tertiary/aromatic N) is 6. The normalized spacial score (nSPS) is 14.7. The van der Waals surface area contributed by atoms with Gasteiger partial charge in [0.1, 0.15) is 22.6 Å². The lowest BCUT2D eigenvalue weighted by Crippen LogP contribution is -2.47. The van der Waals surface area contributed by atoms with Gasteiger partial charge in [-0.25, -0.2) is 9.67 Å². The van der Waals surface area contributed by atoms with Gasteiger partial charge >= 0.3 is 0 Å². The zero-order valence-electron chi connectivity index (χ0n) is 14.2. The van der Waals surface area contributed by atoms with Crippen LogP contribution in [-0.2, 0) is 0 Å². The highest BCUT2D eigenvalue weighted by Gasteiger charge is 2.22. The predicted molar refractivity (Wildman–Crippen MR) is 97.3 cm³/mol. The maximum absolute atomic E-state index is 12.3. The van der Waals surface area contributed by atoms with Crippen LogP contribution in [0.2, 0.25) is 5.02 Å². The van der Waals surface area contributed by atoms with Gasteiger partial charge in [0.05, 0.1) is 17.9 Å². The molecule has 0 aromatic carbocycles. The minimum absolute atomic E-state index is 0.0330. The van der Waals surface area contributed by atoms with Gasteiger partial charge in [-0.3, -0.25) is 4.79 Å². The molecule has 25 heavy (non-hydrogen) atoms. The van der Waals surface area contributed by atoms with Crippen molar-refractivity contribution in [3.8, 4) is 6.07 Å². The van der Waals surface area contributed by atoms with E-state index in [-0.39, 0.29) is 16.6 Å². The first-order chi connectivity index (χ1) is 12.0. The summed E-state index contributed by atoms with van der Waals surface area (Å²) in [6.07, 6.45) is 1.66. The number of aromatic nitrogens is 3. The highest BCUT2D eigenvalue weighted by atomic mass is 35.5. The molecule has 2 aromatic heterocycles. The Bertz CT molecular complexity index is 864. The average Bonchev–Trinajstić information content (AvgIpc) is 2.64. The van der Waals surface area contributed by atoms with Crippen LogP contribution in [0.5, 0.6) is 0 Å². The summed E-state index contributed by atoms with van der Waals surface area (Å²) < 4.78 is 1.39. The molecule has 3 rings (SSSR count). The second-order valence-electron chi connectivity index (χ2n) is 6.15. The van der Waals surface area contributed by atoms with Gasteiger partial charge in [-0.05, 0) is 26.0 Å². The predicted octanol–water partition coefficient (Wildman–Crippen LogP) is 2.07. The van der Waals surface area contributed by atoms with E-state index in [9.17, 15) is 4.79 Å². The first-order valence-corrected chi connectivity index (χ1v) is 8.53. The van der Waals surface area contributed by atoms with E-state index in [1.54, 1.807) is 12.3 Å². The zero-order chi connectivity index (χ0) is 18.0. The number of piperazine rings is 1. The molecule has 0 bridgehead atoms. The van der Waals surface area contributed by atoms with Crippen LogP contribution in [0, 0.1) is 11.3 Å². The van der Waals surface area contributed by atoms with Crippen LogP contribution in [-0.4, -0.2) is 40.9 Å². The van der Waals surface area contributed by atoms with Crippen molar-refractivity contribution in [1.82, 2.24) is 14.8 Å². The Kier molecular flexibility index (Phi) is 4.91. The van der Waals surface area contributed by atoms with E-state index in [1.165, 1.54) is 4.68 Å². The van der Waals surface area contributed by atoms with Gasteiger partial charge in [0, 0.05) is 26.2 Å². The molecule has 8 heteroatoms. The fourth-order valence-corrected chi connectivity index (χ4v) is 3.12. The Balaban J connectivity index is 1.75. The first kappa shape index (κ1) is 17.2. The summed E-state index contributed by atoms with van der Waals surface area (Å²) in [5.74, 6) is 0.790. The molecule has 1 fully saturated rings. The van der Waals surface area contributed by atoms with Crippen molar-refractivity contribution in [3.63, 3.8) is 0 Å². The quantitative estimate of drug-likeness (QED) is 0.835. The molecule has 0 saturated carbocycles. The molecule has 0 atom stereocenters. The summed E-state index contributed by atoms with van der Waals surface area (Å²) in [4.78, 5) is 20.8.